The largest absolute Gasteiger partial charge is 0.373 e. The van der Waals surface area contributed by atoms with Crippen molar-refractivity contribution < 1.29 is 14.3 Å². The summed E-state index contributed by atoms with van der Waals surface area (Å²) in [7, 11) is 0. The first-order valence-corrected chi connectivity index (χ1v) is 9.41. The van der Waals surface area contributed by atoms with Gasteiger partial charge in [0.15, 0.2) is 0 Å². The predicted molar refractivity (Wildman–Crippen MR) is 97.3 cm³/mol. The molecule has 0 saturated carbocycles. The van der Waals surface area contributed by atoms with Crippen LogP contribution in [0.2, 0.25) is 0 Å². The second-order valence-electron chi connectivity index (χ2n) is 7.34. The summed E-state index contributed by atoms with van der Waals surface area (Å²) in [5.41, 5.74) is 1.10. The topological polar surface area (TPSA) is 42.0 Å². The van der Waals surface area contributed by atoms with Gasteiger partial charge in [0.1, 0.15) is 6.61 Å². The SMILES string of the molecule is C[C@@H]1CN(C[C@H]2CCCN2C(=O)COCc2ccccc2)C[C@@H](C)O1. The molecule has 1 amide bonds. The van der Waals surface area contributed by atoms with Gasteiger partial charge in [0.05, 0.1) is 18.8 Å². The average molecular weight is 346 g/mol. The number of carbonyl (C=O) groups is 1. The number of nitrogens with zero attached hydrogens (tertiary/aromatic N) is 2. The van der Waals surface area contributed by atoms with Gasteiger partial charge in [0.2, 0.25) is 5.91 Å². The maximum atomic E-state index is 12.6. The van der Waals surface area contributed by atoms with Gasteiger partial charge in [-0.15, -0.1) is 0 Å². The van der Waals surface area contributed by atoms with E-state index in [1.165, 1.54) is 0 Å². The molecule has 3 atom stereocenters. The standard InChI is InChI=1S/C20H30N2O3/c1-16-11-21(12-17(2)25-16)13-19-9-6-10-22(19)20(23)15-24-14-18-7-4-3-5-8-18/h3-5,7-8,16-17,19H,6,9-15H2,1-2H3/t16-,17-,19-/m1/s1. The number of rotatable bonds is 6. The molecule has 5 heteroatoms. The zero-order chi connectivity index (χ0) is 17.6. The monoisotopic (exact) mass is 346 g/mol. The Morgan fingerprint density at radius 2 is 1.92 bits per heavy atom. The zero-order valence-corrected chi connectivity index (χ0v) is 15.4. The van der Waals surface area contributed by atoms with E-state index in [0.717, 1.165) is 44.6 Å². The highest BCUT2D eigenvalue weighted by Crippen LogP contribution is 2.21. The fourth-order valence-electron chi connectivity index (χ4n) is 4.00. The van der Waals surface area contributed by atoms with Crippen molar-refractivity contribution in [2.24, 2.45) is 0 Å². The highest BCUT2D eigenvalue weighted by molar-refractivity contribution is 5.78. The lowest BCUT2D eigenvalue weighted by molar-refractivity contribution is -0.138. The van der Waals surface area contributed by atoms with E-state index in [2.05, 4.69) is 18.7 Å². The number of carbonyl (C=O) groups excluding carboxylic acids is 1. The molecular weight excluding hydrogens is 316 g/mol. The molecule has 0 aromatic heterocycles. The fourth-order valence-corrected chi connectivity index (χ4v) is 4.00. The normalized spacial score (nSPS) is 27.6. The molecule has 2 heterocycles. The summed E-state index contributed by atoms with van der Waals surface area (Å²) in [6.07, 6.45) is 2.71. The third-order valence-corrected chi connectivity index (χ3v) is 5.00. The lowest BCUT2D eigenvalue weighted by atomic mass is 10.1. The number of morpholine rings is 1. The molecule has 0 aliphatic carbocycles. The Morgan fingerprint density at radius 1 is 1.20 bits per heavy atom. The molecular formula is C20H30N2O3. The molecule has 2 saturated heterocycles. The van der Waals surface area contributed by atoms with Crippen molar-refractivity contribution in [2.75, 3.05) is 32.8 Å². The molecule has 0 spiro atoms. The van der Waals surface area contributed by atoms with Crippen LogP contribution in [0.5, 0.6) is 0 Å². The van der Waals surface area contributed by atoms with E-state index >= 15 is 0 Å². The van der Waals surface area contributed by atoms with Crippen LogP contribution in [0.25, 0.3) is 0 Å². The van der Waals surface area contributed by atoms with E-state index in [1.54, 1.807) is 0 Å². The smallest absolute Gasteiger partial charge is 0.248 e. The summed E-state index contributed by atoms with van der Waals surface area (Å²) in [6, 6.07) is 10.3. The Bertz CT molecular complexity index is 541. The maximum absolute atomic E-state index is 12.6. The summed E-state index contributed by atoms with van der Waals surface area (Å²) in [5.74, 6) is 0.118. The number of hydrogen-bond donors (Lipinski definition) is 0. The summed E-state index contributed by atoms with van der Waals surface area (Å²) in [5, 5.41) is 0. The van der Waals surface area contributed by atoms with Crippen molar-refractivity contribution in [2.45, 2.75) is 51.5 Å². The molecule has 5 nitrogen and oxygen atoms in total. The van der Waals surface area contributed by atoms with Crippen LogP contribution in [-0.4, -0.2) is 66.7 Å². The van der Waals surface area contributed by atoms with Crippen LogP contribution in [-0.2, 0) is 20.9 Å². The van der Waals surface area contributed by atoms with Gasteiger partial charge in [-0.05, 0) is 32.3 Å². The molecule has 0 bridgehead atoms. The lowest BCUT2D eigenvalue weighted by Crippen LogP contribution is -2.51. The van der Waals surface area contributed by atoms with Gasteiger partial charge in [-0.3, -0.25) is 9.69 Å². The average Bonchev–Trinajstić information content (AvgIpc) is 3.03. The minimum atomic E-state index is 0.118. The number of ether oxygens (including phenoxy) is 2. The van der Waals surface area contributed by atoms with Crippen molar-refractivity contribution in [3.05, 3.63) is 35.9 Å². The molecule has 3 rings (SSSR count). The van der Waals surface area contributed by atoms with Crippen LogP contribution in [0.1, 0.15) is 32.3 Å². The molecule has 0 radical (unpaired) electrons. The Labute approximate surface area is 150 Å². The molecule has 138 valence electrons. The first kappa shape index (κ1) is 18.4. The molecule has 1 aromatic rings. The summed E-state index contributed by atoms with van der Waals surface area (Å²) in [6.45, 7) is 8.61. The minimum Gasteiger partial charge on any atom is -0.373 e. The van der Waals surface area contributed by atoms with E-state index in [-0.39, 0.29) is 24.7 Å². The van der Waals surface area contributed by atoms with Gasteiger partial charge in [-0.1, -0.05) is 30.3 Å². The van der Waals surface area contributed by atoms with Crippen LogP contribution >= 0.6 is 0 Å². The maximum Gasteiger partial charge on any atom is 0.248 e. The van der Waals surface area contributed by atoms with E-state index in [4.69, 9.17) is 9.47 Å². The Morgan fingerprint density at radius 3 is 2.64 bits per heavy atom. The first-order chi connectivity index (χ1) is 12.1. The molecule has 2 aliphatic rings. The van der Waals surface area contributed by atoms with E-state index < -0.39 is 0 Å². The van der Waals surface area contributed by atoms with Crippen molar-refractivity contribution in [1.29, 1.82) is 0 Å². The number of amides is 1. The summed E-state index contributed by atoms with van der Waals surface area (Å²) < 4.78 is 11.4. The van der Waals surface area contributed by atoms with E-state index in [0.29, 0.717) is 12.6 Å². The highest BCUT2D eigenvalue weighted by Gasteiger charge is 2.32. The fraction of sp³-hybridized carbons (Fsp3) is 0.650. The number of hydrogen-bond acceptors (Lipinski definition) is 4. The zero-order valence-electron chi connectivity index (χ0n) is 15.4. The van der Waals surface area contributed by atoms with Gasteiger partial charge in [-0.25, -0.2) is 0 Å². The van der Waals surface area contributed by atoms with Crippen LogP contribution < -0.4 is 0 Å². The molecule has 25 heavy (non-hydrogen) atoms. The minimum absolute atomic E-state index is 0.118. The number of likely N-dealkylation sites (tertiary alicyclic amines) is 1. The molecule has 0 N–H and O–H groups in total. The van der Waals surface area contributed by atoms with Crippen molar-refractivity contribution in [3.63, 3.8) is 0 Å². The molecule has 1 aromatic carbocycles. The third kappa shape index (κ3) is 5.27. The summed E-state index contributed by atoms with van der Waals surface area (Å²) >= 11 is 0. The van der Waals surface area contributed by atoms with Crippen molar-refractivity contribution >= 4 is 5.91 Å². The molecule has 2 aliphatic heterocycles. The van der Waals surface area contributed by atoms with Gasteiger partial charge < -0.3 is 14.4 Å². The Balaban J connectivity index is 1.46. The Kier molecular flexibility index (Phi) is 6.45. The lowest BCUT2D eigenvalue weighted by Gasteiger charge is -2.38. The predicted octanol–water partition coefficient (Wildman–Crippen LogP) is 2.30. The second-order valence-corrected chi connectivity index (χ2v) is 7.34. The van der Waals surface area contributed by atoms with Crippen molar-refractivity contribution in [3.8, 4) is 0 Å². The molecule has 0 unspecified atom stereocenters. The van der Waals surface area contributed by atoms with Gasteiger partial charge in [0.25, 0.3) is 0 Å². The molecule has 2 fully saturated rings. The van der Waals surface area contributed by atoms with Gasteiger partial charge in [-0.2, -0.15) is 0 Å². The van der Waals surface area contributed by atoms with Crippen LogP contribution in [0.3, 0.4) is 0 Å². The van der Waals surface area contributed by atoms with E-state index in [1.807, 2.05) is 35.2 Å². The van der Waals surface area contributed by atoms with Crippen LogP contribution in [0.4, 0.5) is 0 Å². The van der Waals surface area contributed by atoms with Crippen LogP contribution in [0, 0.1) is 0 Å². The third-order valence-electron chi connectivity index (χ3n) is 5.00. The second kappa shape index (κ2) is 8.79. The van der Waals surface area contributed by atoms with E-state index in [9.17, 15) is 4.79 Å². The highest BCUT2D eigenvalue weighted by atomic mass is 16.5. The first-order valence-electron chi connectivity index (χ1n) is 9.41. The quantitative estimate of drug-likeness (QED) is 0.793. The van der Waals surface area contributed by atoms with Gasteiger partial charge in [0, 0.05) is 32.2 Å². The number of benzene rings is 1. The van der Waals surface area contributed by atoms with Gasteiger partial charge >= 0.3 is 0 Å². The Hall–Kier alpha value is -1.43. The van der Waals surface area contributed by atoms with Crippen LogP contribution in [0.15, 0.2) is 30.3 Å². The summed E-state index contributed by atoms with van der Waals surface area (Å²) in [4.78, 5) is 17.0. The van der Waals surface area contributed by atoms with Crippen molar-refractivity contribution in [1.82, 2.24) is 9.80 Å².